The first-order valence-corrected chi connectivity index (χ1v) is 7.89. The van der Waals surface area contributed by atoms with Gasteiger partial charge in [-0.15, -0.1) is 0 Å². The minimum Gasteiger partial charge on any atom is -0.311 e. The van der Waals surface area contributed by atoms with E-state index in [1.807, 2.05) is 6.92 Å². The predicted octanol–water partition coefficient (Wildman–Crippen LogP) is 1.43. The average Bonchev–Trinajstić information content (AvgIpc) is 1.88. The fourth-order valence-corrected chi connectivity index (χ4v) is 1.60. The van der Waals surface area contributed by atoms with Crippen molar-refractivity contribution in [1.29, 1.82) is 0 Å². The SMILES string of the molecule is CCC(C=O)NC[Si](C)(C)C. The molecule has 1 atom stereocenters. The lowest BCUT2D eigenvalue weighted by molar-refractivity contribution is -0.109. The quantitative estimate of drug-likeness (QED) is 0.503. The minimum absolute atomic E-state index is 0.0710. The van der Waals surface area contributed by atoms with Crippen molar-refractivity contribution >= 4 is 14.4 Å². The van der Waals surface area contributed by atoms with Gasteiger partial charge in [0.2, 0.25) is 0 Å². The Hall–Kier alpha value is -0.153. The molecule has 0 fully saturated rings. The van der Waals surface area contributed by atoms with Gasteiger partial charge in [-0.2, -0.15) is 0 Å². The zero-order valence-electron chi connectivity index (χ0n) is 7.98. The number of hydrogen-bond donors (Lipinski definition) is 1. The summed E-state index contributed by atoms with van der Waals surface area (Å²) >= 11 is 0. The second kappa shape index (κ2) is 4.67. The molecule has 66 valence electrons. The van der Waals surface area contributed by atoms with Crippen molar-refractivity contribution in [2.24, 2.45) is 0 Å². The first kappa shape index (κ1) is 10.8. The van der Waals surface area contributed by atoms with Gasteiger partial charge in [0.1, 0.15) is 6.29 Å². The van der Waals surface area contributed by atoms with Crippen LogP contribution < -0.4 is 5.32 Å². The maximum absolute atomic E-state index is 10.4. The molecule has 0 aromatic heterocycles. The van der Waals surface area contributed by atoms with Gasteiger partial charge < -0.3 is 10.1 Å². The van der Waals surface area contributed by atoms with Gasteiger partial charge in [-0.05, 0) is 12.6 Å². The van der Waals surface area contributed by atoms with E-state index in [-0.39, 0.29) is 6.04 Å². The first-order valence-electron chi connectivity index (χ1n) is 4.18. The van der Waals surface area contributed by atoms with E-state index in [4.69, 9.17) is 0 Å². The Morgan fingerprint density at radius 2 is 2.00 bits per heavy atom. The summed E-state index contributed by atoms with van der Waals surface area (Å²) < 4.78 is 0. The number of carbonyl (C=O) groups excluding carboxylic acids is 1. The molecule has 0 aromatic carbocycles. The number of nitrogens with one attached hydrogen (secondary N) is 1. The molecule has 3 heteroatoms. The largest absolute Gasteiger partial charge is 0.311 e. The highest BCUT2D eigenvalue weighted by Gasteiger charge is 2.14. The van der Waals surface area contributed by atoms with E-state index in [2.05, 4.69) is 25.0 Å². The number of carbonyl (C=O) groups is 1. The average molecular weight is 173 g/mol. The van der Waals surface area contributed by atoms with Crippen molar-refractivity contribution in [3.8, 4) is 0 Å². The Balaban J connectivity index is 3.59. The molecule has 1 unspecified atom stereocenters. The van der Waals surface area contributed by atoms with Crippen molar-refractivity contribution in [2.75, 3.05) is 6.17 Å². The molecule has 1 N–H and O–H groups in total. The summed E-state index contributed by atoms with van der Waals surface area (Å²) in [5, 5.41) is 3.25. The van der Waals surface area contributed by atoms with Crippen molar-refractivity contribution < 1.29 is 4.79 Å². The van der Waals surface area contributed by atoms with Gasteiger partial charge >= 0.3 is 0 Å². The molecule has 0 heterocycles. The van der Waals surface area contributed by atoms with E-state index >= 15 is 0 Å². The number of rotatable bonds is 5. The third-order valence-corrected chi connectivity index (χ3v) is 2.76. The van der Waals surface area contributed by atoms with Gasteiger partial charge in [0.15, 0.2) is 0 Å². The van der Waals surface area contributed by atoms with Gasteiger partial charge in [0.25, 0.3) is 0 Å². The highest BCUT2D eigenvalue weighted by atomic mass is 28.3. The third-order valence-electron chi connectivity index (χ3n) is 1.50. The third kappa shape index (κ3) is 6.25. The van der Waals surface area contributed by atoms with Gasteiger partial charge in [-0.25, -0.2) is 0 Å². The lowest BCUT2D eigenvalue weighted by atomic mass is 10.3. The zero-order chi connectivity index (χ0) is 8.91. The van der Waals surface area contributed by atoms with Gasteiger partial charge in [0, 0.05) is 0 Å². The molecule has 11 heavy (non-hydrogen) atoms. The van der Waals surface area contributed by atoms with E-state index in [1.54, 1.807) is 0 Å². The predicted molar refractivity (Wildman–Crippen MR) is 51.5 cm³/mol. The Labute approximate surface area is 70.4 Å². The van der Waals surface area contributed by atoms with Crippen LogP contribution in [0.5, 0.6) is 0 Å². The van der Waals surface area contributed by atoms with E-state index in [0.717, 1.165) is 18.9 Å². The molecule has 0 aliphatic rings. The Bertz CT molecular complexity index is 120. The second-order valence-electron chi connectivity index (χ2n) is 4.09. The summed E-state index contributed by atoms with van der Waals surface area (Å²) in [4.78, 5) is 10.4. The topological polar surface area (TPSA) is 29.1 Å². The number of hydrogen-bond acceptors (Lipinski definition) is 2. The normalized spacial score (nSPS) is 14.5. The van der Waals surface area contributed by atoms with Crippen molar-refractivity contribution in [1.82, 2.24) is 5.32 Å². The van der Waals surface area contributed by atoms with Crippen LogP contribution in [0.15, 0.2) is 0 Å². The molecule has 0 radical (unpaired) electrons. The molecule has 0 aliphatic carbocycles. The Morgan fingerprint density at radius 1 is 1.45 bits per heavy atom. The van der Waals surface area contributed by atoms with Crippen molar-refractivity contribution in [2.45, 2.75) is 39.0 Å². The van der Waals surface area contributed by atoms with E-state index in [9.17, 15) is 4.79 Å². The molecule has 0 amide bonds. The van der Waals surface area contributed by atoms with E-state index < -0.39 is 8.07 Å². The standard InChI is InChI=1S/C8H19NOSi/c1-5-8(6-10)9-7-11(2,3)4/h6,8-9H,5,7H2,1-4H3. The molecule has 0 saturated carbocycles. The van der Waals surface area contributed by atoms with E-state index in [0.29, 0.717) is 0 Å². The molecule has 0 aromatic rings. The summed E-state index contributed by atoms with van der Waals surface area (Å²) in [6.07, 6.45) is 2.93. The lowest BCUT2D eigenvalue weighted by Crippen LogP contribution is -2.42. The van der Waals surface area contributed by atoms with Crippen LogP contribution in [0, 0.1) is 0 Å². The van der Waals surface area contributed by atoms with Crippen LogP contribution in [0.1, 0.15) is 13.3 Å². The molecular formula is C8H19NOSi. The molecule has 0 aliphatic heterocycles. The van der Waals surface area contributed by atoms with Crippen LogP contribution in [-0.2, 0) is 4.79 Å². The van der Waals surface area contributed by atoms with Crippen LogP contribution >= 0.6 is 0 Å². The van der Waals surface area contributed by atoms with Gasteiger partial charge in [0.05, 0.1) is 14.1 Å². The van der Waals surface area contributed by atoms with Crippen LogP contribution in [0.4, 0.5) is 0 Å². The second-order valence-corrected chi connectivity index (χ2v) is 9.57. The smallest absolute Gasteiger partial charge is 0.136 e. The highest BCUT2D eigenvalue weighted by molar-refractivity contribution is 6.76. The molecule has 0 bridgehead atoms. The molecular weight excluding hydrogens is 154 g/mol. The molecule has 2 nitrogen and oxygen atoms in total. The highest BCUT2D eigenvalue weighted by Crippen LogP contribution is 1.98. The lowest BCUT2D eigenvalue weighted by Gasteiger charge is -2.19. The number of aldehydes is 1. The Kier molecular flexibility index (Phi) is 4.60. The van der Waals surface area contributed by atoms with Crippen LogP contribution in [-0.4, -0.2) is 26.6 Å². The first-order chi connectivity index (χ1) is 4.99. The molecule has 0 saturated heterocycles. The van der Waals surface area contributed by atoms with Crippen LogP contribution in [0.2, 0.25) is 19.6 Å². The van der Waals surface area contributed by atoms with Gasteiger partial charge in [-0.3, -0.25) is 0 Å². The summed E-state index contributed by atoms with van der Waals surface area (Å²) in [6.45, 7) is 8.89. The van der Waals surface area contributed by atoms with Crippen LogP contribution in [0.3, 0.4) is 0 Å². The van der Waals surface area contributed by atoms with Gasteiger partial charge in [-0.1, -0.05) is 26.6 Å². The summed E-state index contributed by atoms with van der Waals surface area (Å²) in [6, 6.07) is 0.0710. The monoisotopic (exact) mass is 173 g/mol. The van der Waals surface area contributed by atoms with Crippen molar-refractivity contribution in [3.05, 3.63) is 0 Å². The summed E-state index contributed by atoms with van der Waals surface area (Å²) in [5.74, 6) is 0. The summed E-state index contributed by atoms with van der Waals surface area (Å²) in [7, 11) is -1.02. The fourth-order valence-electron chi connectivity index (χ4n) is 0.726. The minimum atomic E-state index is -1.02. The molecule has 0 rings (SSSR count). The maximum atomic E-state index is 10.4. The Morgan fingerprint density at radius 3 is 2.27 bits per heavy atom. The fraction of sp³-hybridized carbons (Fsp3) is 0.875. The van der Waals surface area contributed by atoms with E-state index in [1.165, 1.54) is 0 Å². The van der Waals surface area contributed by atoms with Crippen molar-refractivity contribution in [3.63, 3.8) is 0 Å². The zero-order valence-corrected chi connectivity index (χ0v) is 8.98. The summed E-state index contributed by atoms with van der Waals surface area (Å²) in [5.41, 5.74) is 0. The maximum Gasteiger partial charge on any atom is 0.136 e. The van der Waals surface area contributed by atoms with Crippen LogP contribution in [0.25, 0.3) is 0 Å². The molecule has 0 spiro atoms.